The van der Waals surface area contributed by atoms with Crippen molar-refractivity contribution in [3.63, 3.8) is 0 Å². The van der Waals surface area contributed by atoms with Crippen LogP contribution in [0.5, 0.6) is 0 Å². The molecule has 0 aromatic heterocycles. The van der Waals surface area contributed by atoms with Gasteiger partial charge < -0.3 is 9.47 Å². The molecule has 3 heteroatoms. The zero-order valence-corrected chi connectivity index (χ0v) is 31.1. The van der Waals surface area contributed by atoms with Crippen LogP contribution in [0.3, 0.4) is 0 Å². The van der Waals surface area contributed by atoms with Crippen molar-refractivity contribution in [3.05, 3.63) is 189 Å². The molecule has 0 heterocycles. The molecule has 6 aromatic carbocycles. The first kappa shape index (κ1) is 35.8. The van der Waals surface area contributed by atoms with E-state index in [1.54, 1.807) is 0 Å². The predicted octanol–water partition coefficient (Wildman–Crippen LogP) is 12.1. The van der Waals surface area contributed by atoms with Crippen molar-refractivity contribution in [3.8, 4) is 22.3 Å². The van der Waals surface area contributed by atoms with Crippen molar-refractivity contribution in [1.82, 2.24) is 0 Å². The summed E-state index contributed by atoms with van der Waals surface area (Å²) < 4.78 is 13.1. The Morgan fingerprint density at radius 3 is 1.20 bits per heavy atom. The molecule has 50 heavy (non-hydrogen) atoms. The Hall–Kier alpha value is -4.03. The van der Waals surface area contributed by atoms with Gasteiger partial charge in [-0.05, 0) is 141 Å². The molecule has 0 aliphatic carbocycles. The van der Waals surface area contributed by atoms with Gasteiger partial charge in [-0.1, -0.05) is 133 Å². The van der Waals surface area contributed by atoms with Gasteiger partial charge in [0.15, 0.2) is 0 Å². The highest BCUT2D eigenvalue weighted by molar-refractivity contribution is 14.1. The highest BCUT2D eigenvalue weighted by Gasteiger charge is 2.08. The van der Waals surface area contributed by atoms with Crippen LogP contribution < -0.4 is 0 Å². The van der Waals surface area contributed by atoms with Gasteiger partial charge in [0.2, 0.25) is 0 Å². The van der Waals surface area contributed by atoms with Gasteiger partial charge >= 0.3 is 0 Å². The molecule has 0 radical (unpaired) electrons. The zero-order valence-electron chi connectivity index (χ0n) is 28.9. The van der Waals surface area contributed by atoms with Crippen molar-refractivity contribution in [1.29, 1.82) is 0 Å². The van der Waals surface area contributed by atoms with E-state index < -0.39 is 0 Å². The van der Waals surface area contributed by atoms with Gasteiger partial charge in [0, 0.05) is 16.8 Å². The minimum absolute atomic E-state index is 0.677. The van der Waals surface area contributed by atoms with Crippen LogP contribution in [0.15, 0.2) is 152 Å². The molecule has 0 unspecified atom stereocenters. The molecule has 0 saturated carbocycles. The summed E-state index contributed by atoms with van der Waals surface area (Å²) in [4.78, 5) is 0. The fourth-order valence-corrected chi connectivity index (χ4v) is 6.69. The molecule has 0 spiro atoms. The topological polar surface area (TPSA) is 18.5 Å². The van der Waals surface area contributed by atoms with Crippen molar-refractivity contribution < 1.29 is 9.47 Å². The SMILES string of the molecule is Ic1ccc(CCCc2cc(-c3ccc(CCCOCc4ccccc4)cc3)cc(-c3ccc(CCCOCc4ccccc4)cc3)c2)cc1. The van der Waals surface area contributed by atoms with Gasteiger partial charge in [-0.2, -0.15) is 0 Å². The highest BCUT2D eigenvalue weighted by Crippen LogP contribution is 2.30. The third kappa shape index (κ3) is 11.5. The van der Waals surface area contributed by atoms with Crippen LogP contribution in [0, 0.1) is 3.57 Å². The zero-order chi connectivity index (χ0) is 34.2. The van der Waals surface area contributed by atoms with E-state index >= 15 is 0 Å². The molecule has 0 bridgehead atoms. The van der Waals surface area contributed by atoms with Crippen LogP contribution in [0.4, 0.5) is 0 Å². The fraction of sp³-hybridized carbons (Fsp3) is 0.234. The quantitative estimate of drug-likeness (QED) is 0.0640. The van der Waals surface area contributed by atoms with E-state index in [1.807, 2.05) is 12.1 Å². The standard InChI is InChI=1S/C47H47IO2/c48-47-28-22-37(23-29-47)14-7-15-42-32-45(43-24-18-38(19-25-43)16-8-30-49-35-40-10-3-1-4-11-40)34-46(33-42)44-26-20-39(21-27-44)17-9-31-50-36-41-12-5-2-6-13-41/h1-6,10-13,18-29,32-34H,7-9,14-17,30-31,35-36H2. The van der Waals surface area contributed by atoms with Gasteiger partial charge in [0.05, 0.1) is 13.2 Å². The Balaban J connectivity index is 1.08. The lowest BCUT2D eigenvalue weighted by Gasteiger charge is -2.13. The lowest BCUT2D eigenvalue weighted by atomic mass is 9.93. The molecule has 254 valence electrons. The number of hydrogen-bond donors (Lipinski definition) is 0. The van der Waals surface area contributed by atoms with Crippen LogP contribution >= 0.6 is 22.6 Å². The van der Waals surface area contributed by atoms with Crippen LogP contribution in [-0.4, -0.2) is 13.2 Å². The fourth-order valence-electron chi connectivity index (χ4n) is 6.33. The Bertz CT molecular complexity index is 1740. The van der Waals surface area contributed by atoms with Crippen LogP contribution in [0.25, 0.3) is 22.3 Å². The first-order valence-electron chi connectivity index (χ1n) is 18.0. The largest absolute Gasteiger partial charge is 0.377 e. The van der Waals surface area contributed by atoms with Crippen LogP contribution in [0.2, 0.25) is 0 Å². The molecule has 0 fully saturated rings. The second-order valence-electron chi connectivity index (χ2n) is 13.1. The van der Waals surface area contributed by atoms with Gasteiger partial charge in [-0.15, -0.1) is 0 Å². The maximum Gasteiger partial charge on any atom is 0.0716 e. The summed E-state index contributed by atoms with van der Waals surface area (Å²) in [6.07, 6.45) is 7.33. The molecule has 0 saturated heterocycles. The summed E-state index contributed by atoms with van der Waals surface area (Å²) in [6, 6.07) is 55.2. The van der Waals surface area contributed by atoms with Gasteiger partial charge in [-0.3, -0.25) is 0 Å². The summed E-state index contributed by atoms with van der Waals surface area (Å²) in [7, 11) is 0. The third-order valence-electron chi connectivity index (χ3n) is 9.14. The second-order valence-corrected chi connectivity index (χ2v) is 14.3. The van der Waals surface area contributed by atoms with E-state index in [1.165, 1.54) is 59.2 Å². The average Bonchev–Trinajstić information content (AvgIpc) is 3.16. The van der Waals surface area contributed by atoms with Crippen LogP contribution in [0.1, 0.15) is 52.6 Å². The van der Waals surface area contributed by atoms with Crippen LogP contribution in [-0.2, 0) is 48.4 Å². The lowest BCUT2D eigenvalue weighted by molar-refractivity contribution is 0.118. The van der Waals surface area contributed by atoms with Crippen molar-refractivity contribution in [2.45, 2.75) is 58.2 Å². The number of benzene rings is 6. The second kappa shape index (κ2) is 19.4. The van der Waals surface area contributed by atoms with E-state index in [0.29, 0.717) is 13.2 Å². The molecule has 6 rings (SSSR count). The van der Waals surface area contributed by atoms with Crippen molar-refractivity contribution >= 4 is 22.6 Å². The summed E-state index contributed by atoms with van der Waals surface area (Å²) in [5, 5.41) is 0. The average molecular weight is 771 g/mol. The van der Waals surface area contributed by atoms with E-state index in [-0.39, 0.29) is 0 Å². The summed E-state index contributed by atoms with van der Waals surface area (Å²) in [6.45, 7) is 2.89. The Kier molecular flexibility index (Phi) is 13.9. The lowest BCUT2D eigenvalue weighted by Crippen LogP contribution is -1.97. The minimum atomic E-state index is 0.677. The summed E-state index contributed by atoms with van der Waals surface area (Å²) in [5.41, 5.74) is 13.1. The molecular formula is C47H47IO2. The molecule has 6 aromatic rings. The van der Waals surface area contributed by atoms with Crippen molar-refractivity contribution in [2.24, 2.45) is 0 Å². The van der Waals surface area contributed by atoms with Gasteiger partial charge in [-0.25, -0.2) is 0 Å². The Morgan fingerprint density at radius 1 is 0.340 bits per heavy atom. The minimum Gasteiger partial charge on any atom is -0.377 e. The Labute approximate surface area is 312 Å². The Morgan fingerprint density at radius 2 is 0.740 bits per heavy atom. The number of ether oxygens (including phenoxy) is 2. The van der Waals surface area contributed by atoms with E-state index in [0.717, 1.165) is 58.2 Å². The molecule has 2 nitrogen and oxygen atoms in total. The number of hydrogen-bond acceptors (Lipinski definition) is 2. The van der Waals surface area contributed by atoms with Gasteiger partial charge in [0.1, 0.15) is 0 Å². The maximum atomic E-state index is 5.91. The molecule has 0 aliphatic heterocycles. The van der Waals surface area contributed by atoms with E-state index in [4.69, 9.17) is 9.47 Å². The highest BCUT2D eigenvalue weighted by atomic mass is 127. The van der Waals surface area contributed by atoms with E-state index in [2.05, 4.69) is 162 Å². The number of aryl methyl sites for hydroxylation is 4. The molecule has 0 N–H and O–H groups in total. The molecule has 0 aliphatic rings. The van der Waals surface area contributed by atoms with Crippen molar-refractivity contribution in [2.75, 3.05) is 13.2 Å². The number of rotatable bonds is 18. The summed E-state index contributed by atoms with van der Waals surface area (Å²) >= 11 is 2.38. The molecule has 0 atom stereocenters. The maximum absolute atomic E-state index is 5.91. The first-order valence-corrected chi connectivity index (χ1v) is 19.1. The summed E-state index contributed by atoms with van der Waals surface area (Å²) in [5.74, 6) is 0. The van der Waals surface area contributed by atoms with Gasteiger partial charge in [0.25, 0.3) is 0 Å². The predicted molar refractivity (Wildman–Crippen MR) is 217 cm³/mol. The number of halogens is 1. The van der Waals surface area contributed by atoms with E-state index in [9.17, 15) is 0 Å². The normalized spacial score (nSPS) is 11.1. The smallest absolute Gasteiger partial charge is 0.0716 e. The molecule has 0 amide bonds. The molecular weight excluding hydrogens is 723 g/mol. The first-order chi connectivity index (χ1) is 24.7. The monoisotopic (exact) mass is 770 g/mol. The third-order valence-corrected chi connectivity index (χ3v) is 9.86.